The number of carbonyl (C=O) groups is 1. The first-order chi connectivity index (χ1) is 10.2. The van der Waals surface area contributed by atoms with Crippen LogP contribution < -0.4 is 5.32 Å². The number of halogens is 2. The van der Waals surface area contributed by atoms with E-state index in [0.717, 1.165) is 18.7 Å². The molecule has 22 heavy (non-hydrogen) atoms. The first kappa shape index (κ1) is 17.5. The number of morpholine rings is 1. The zero-order chi connectivity index (χ0) is 14.8. The van der Waals surface area contributed by atoms with Crippen LogP contribution in [0.2, 0.25) is 5.02 Å². The summed E-state index contributed by atoms with van der Waals surface area (Å²) in [6.07, 6.45) is -0.122. The fourth-order valence-electron chi connectivity index (χ4n) is 2.93. The molecule has 1 aromatic carbocycles. The Morgan fingerprint density at radius 2 is 2.14 bits per heavy atom. The average Bonchev–Trinajstić information content (AvgIpc) is 2.45. The van der Waals surface area contributed by atoms with Crippen LogP contribution in [0.3, 0.4) is 0 Å². The van der Waals surface area contributed by atoms with Crippen molar-refractivity contribution >= 4 is 29.9 Å². The second-order valence-corrected chi connectivity index (χ2v) is 6.28. The van der Waals surface area contributed by atoms with Crippen molar-refractivity contribution in [2.24, 2.45) is 11.8 Å². The van der Waals surface area contributed by atoms with Gasteiger partial charge in [-0.1, -0.05) is 36.7 Å². The van der Waals surface area contributed by atoms with Crippen LogP contribution in [0.1, 0.15) is 18.6 Å². The molecule has 0 aliphatic carbocycles. The van der Waals surface area contributed by atoms with Crippen LogP contribution in [0.15, 0.2) is 24.3 Å². The number of amides is 1. The topological polar surface area (TPSA) is 41.6 Å². The number of nitrogens with zero attached hydrogens (tertiary/aromatic N) is 1. The summed E-state index contributed by atoms with van der Waals surface area (Å²) < 4.78 is 5.82. The van der Waals surface area contributed by atoms with Gasteiger partial charge in [0, 0.05) is 23.0 Å². The minimum Gasteiger partial charge on any atom is -0.370 e. The van der Waals surface area contributed by atoms with Crippen LogP contribution in [0.25, 0.3) is 0 Å². The van der Waals surface area contributed by atoms with Gasteiger partial charge in [0.15, 0.2) is 0 Å². The van der Waals surface area contributed by atoms with Crippen LogP contribution in [-0.4, -0.2) is 43.6 Å². The van der Waals surface area contributed by atoms with E-state index in [9.17, 15) is 4.79 Å². The molecule has 1 aromatic rings. The molecule has 4 nitrogen and oxygen atoms in total. The zero-order valence-electron chi connectivity index (χ0n) is 12.6. The van der Waals surface area contributed by atoms with Gasteiger partial charge >= 0.3 is 0 Å². The van der Waals surface area contributed by atoms with E-state index in [0.29, 0.717) is 30.6 Å². The molecule has 0 bridgehead atoms. The Balaban J connectivity index is 0.00000176. The molecular formula is C16H22Cl2N2O2. The molecule has 0 spiro atoms. The highest BCUT2D eigenvalue weighted by atomic mass is 35.5. The quantitative estimate of drug-likeness (QED) is 0.915. The molecule has 0 radical (unpaired) electrons. The van der Waals surface area contributed by atoms with E-state index in [1.807, 2.05) is 36.1 Å². The third-order valence-electron chi connectivity index (χ3n) is 4.54. The van der Waals surface area contributed by atoms with Crippen molar-refractivity contribution in [2.75, 3.05) is 32.8 Å². The molecule has 0 aromatic heterocycles. The molecule has 1 amide bonds. The predicted molar refractivity (Wildman–Crippen MR) is 89.5 cm³/mol. The van der Waals surface area contributed by atoms with E-state index in [2.05, 4.69) is 5.32 Å². The van der Waals surface area contributed by atoms with Gasteiger partial charge in [0.1, 0.15) is 6.10 Å². The highest BCUT2D eigenvalue weighted by molar-refractivity contribution is 6.31. The lowest BCUT2D eigenvalue weighted by atomic mass is 9.87. The minimum atomic E-state index is -0.122. The first-order valence-electron chi connectivity index (χ1n) is 7.52. The molecular weight excluding hydrogens is 323 g/mol. The maximum absolute atomic E-state index is 12.6. The number of rotatable bonds is 3. The highest BCUT2D eigenvalue weighted by Crippen LogP contribution is 2.29. The molecule has 3 rings (SSSR count). The number of carbonyl (C=O) groups excluding carboxylic acids is 1. The third kappa shape index (κ3) is 3.57. The highest BCUT2D eigenvalue weighted by Gasteiger charge is 2.34. The van der Waals surface area contributed by atoms with Crippen molar-refractivity contribution in [2.45, 2.75) is 13.0 Å². The Morgan fingerprint density at radius 3 is 2.77 bits per heavy atom. The molecule has 2 unspecified atom stereocenters. The summed E-state index contributed by atoms with van der Waals surface area (Å²) in [5.41, 5.74) is 0.967. The molecule has 122 valence electrons. The van der Waals surface area contributed by atoms with Crippen LogP contribution in [-0.2, 0) is 9.53 Å². The number of benzene rings is 1. The molecule has 6 heteroatoms. The minimum absolute atomic E-state index is 0. The Bertz CT molecular complexity index is 523. The monoisotopic (exact) mass is 344 g/mol. The summed E-state index contributed by atoms with van der Waals surface area (Å²) in [6, 6.07) is 7.70. The van der Waals surface area contributed by atoms with Crippen molar-refractivity contribution in [3.63, 3.8) is 0 Å². The summed E-state index contributed by atoms with van der Waals surface area (Å²) in [4.78, 5) is 14.5. The van der Waals surface area contributed by atoms with Crippen molar-refractivity contribution in [3.05, 3.63) is 34.9 Å². The molecule has 2 atom stereocenters. The third-order valence-corrected chi connectivity index (χ3v) is 4.88. The van der Waals surface area contributed by atoms with Crippen LogP contribution in [0, 0.1) is 11.8 Å². The van der Waals surface area contributed by atoms with Gasteiger partial charge in [-0.15, -0.1) is 12.4 Å². The van der Waals surface area contributed by atoms with Gasteiger partial charge < -0.3 is 15.0 Å². The summed E-state index contributed by atoms with van der Waals surface area (Å²) in [5.74, 6) is 0.789. The van der Waals surface area contributed by atoms with Gasteiger partial charge in [-0.25, -0.2) is 0 Å². The number of nitrogens with one attached hydrogen (secondary N) is 1. The Morgan fingerprint density at radius 1 is 1.41 bits per heavy atom. The van der Waals surface area contributed by atoms with Gasteiger partial charge in [-0.2, -0.15) is 0 Å². The van der Waals surface area contributed by atoms with E-state index in [-0.39, 0.29) is 30.3 Å². The summed E-state index contributed by atoms with van der Waals surface area (Å²) in [6.45, 7) is 5.76. The van der Waals surface area contributed by atoms with E-state index in [4.69, 9.17) is 16.3 Å². The number of hydrogen-bond donors (Lipinski definition) is 1. The standard InChI is InChI=1S/C16H21ClN2O2.ClH/c1-11(12-8-18-9-12)16(20)19-6-7-21-15(10-19)13-4-2-3-5-14(13)17;/h2-5,11-12,15,18H,6-10H2,1H3;1H. The van der Waals surface area contributed by atoms with E-state index >= 15 is 0 Å². The predicted octanol–water partition coefficient (Wildman–Crippen LogP) is 2.52. The maximum atomic E-state index is 12.6. The van der Waals surface area contributed by atoms with Gasteiger partial charge in [-0.05, 0) is 25.1 Å². The summed E-state index contributed by atoms with van der Waals surface area (Å²) in [5, 5.41) is 3.93. The van der Waals surface area contributed by atoms with Gasteiger partial charge in [0.25, 0.3) is 0 Å². The SMILES string of the molecule is CC(C(=O)N1CCOC(c2ccccc2Cl)C1)C1CNC1.Cl. The molecule has 2 saturated heterocycles. The van der Waals surface area contributed by atoms with E-state index in [1.54, 1.807) is 0 Å². The lowest BCUT2D eigenvalue weighted by Crippen LogP contribution is -2.52. The fourth-order valence-corrected chi connectivity index (χ4v) is 3.19. The molecule has 1 N–H and O–H groups in total. The van der Waals surface area contributed by atoms with Crippen molar-refractivity contribution in [1.29, 1.82) is 0 Å². The fraction of sp³-hybridized carbons (Fsp3) is 0.562. The van der Waals surface area contributed by atoms with Crippen LogP contribution in [0.4, 0.5) is 0 Å². The molecule has 2 aliphatic rings. The lowest BCUT2D eigenvalue weighted by Gasteiger charge is -2.38. The number of ether oxygens (including phenoxy) is 1. The first-order valence-corrected chi connectivity index (χ1v) is 7.90. The molecule has 2 aliphatic heterocycles. The normalized spacial score (nSPS) is 23.4. The van der Waals surface area contributed by atoms with Crippen LogP contribution in [0.5, 0.6) is 0 Å². The molecule has 0 saturated carbocycles. The Labute approximate surface area is 142 Å². The van der Waals surface area contributed by atoms with Gasteiger partial charge in [-0.3, -0.25) is 4.79 Å². The Hall–Kier alpha value is -0.810. The van der Waals surface area contributed by atoms with Gasteiger partial charge in [0.2, 0.25) is 5.91 Å². The van der Waals surface area contributed by atoms with E-state index in [1.165, 1.54) is 0 Å². The zero-order valence-corrected chi connectivity index (χ0v) is 14.2. The van der Waals surface area contributed by atoms with Gasteiger partial charge in [0.05, 0.1) is 13.2 Å². The smallest absolute Gasteiger partial charge is 0.225 e. The average molecular weight is 345 g/mol. The molecule has 2 heterocycles. The number of hydrogen-bond acceptors (Lipinski definition) is 3. The Kier molecular flexibility index (Phi) is 6.09. The largest absolute Gasteiger partial charge is 0.370 e. The molecule has 2 fully saturated rings. The van der Waals surface area contributed by atoms with Crippen LogP contribution >= 0.6 is 24.0 Å². The summed E-state index contributed by atoms with van der Waals surface area (Å²) >= 11 is 6.24. The second kappa shape index (κ2) is 7.64. The maximum Gasteiger partial charge on any atom is 0.225 e. The summed E-state index contributed by atoms with van der Waals surface area (Å²) in [7, 11) is 0. The second-order valence-electron chi connectivity index (χ2n) is 5.87. The van der Waals surface area contributed by atoms with Crippen molar-refractivity contribution in [1.82, 2.24) is 10.2 Å². The van der Waals surface area contributed by atoms with E-state index < -0.39 is 0 Å². The lowest BCUT2D eigenvalue weighted by molar-refractivity contribution is -0.145. The van der Waals surface area contributed by atoms with Crippen molar-refractivity contribution < 1.29 is 9.53 Å². The van der Waals surface area contributed by atoms with Crippen molar-refractivity contribution in [3.8, 4) is 0 Å².